The van der Waals surface area contributed by atoms with Gasteiger partial charge >= 0.3 is 6.03 Å². The SMILES string of the molecule is CN1CCC(NC(=O)N2CCOC(C#N)C2)C1c1ccc(Cl)cc1. The molecule has 128 valence electrons. The number of nitrogens with one attached hydrogen (secondary N) is 1. The van der Waals surface area contributed by atoms with Crippen molar-refractivity contribution in [1.29, 1.82) is 5.26 Å². The molecule has 2 amide bonds. The fourth-order valence-electron chi connectivity index (χ4n) is 3.41. The monoisotopic (exact) mass is 348 g/mol. The van der Waals surface area contributed by atoms with E-state index in [0.717, 1.165) is 18.5 Å². The van der Waals surface area contributed by atoms with E-state index in [9.17, 15) is 4.79 Å². The number of carbonyl (C=O) groups is 1. The number of amides is 2. The Hall–Kier alpha value is -1.81. The number of nitrogens with zero attached hydrogens (tertiary/aromatic N) is 3. The fraction of sp³-hybridized carbons (Fsp3) is 0.529. The largest absolute Gasteiger partial charge is 0.360 e. The van der Waals surface area contributed by atoms with Crippen LogP contribution in [0.25, 0.3) is 0 Å². The number of urea groups is 1. The van der Waals surface area contributed by atoms with Gasteiger partial charge in [0.1, 0.15) is 0 Å². The molecule has 0 saturated carbocycles. The smallest absolute Gasteiger partial charge is 0.317 e. The molecule has 0 radical (unpaired) electrons. The summed E-state index contributed by atoms with van der Waals surface area (Å²) in [6.07, 6.45) is 0.351. The maximum atomic E-state index is 12.6. The molecule has 3 rings (SSSR count). The Balaban J connectivity index is 1.68. The lowest BCUT2D eigenvalue weighted by Gasteiger charge is -2.32. The van der Waals surface area contributed by atoms with Gasteiger partial charge in [-0.3, -0.25) is 4.90 Å². The molecule has 1 aromatic carbocycles. The van der Waals surface area contributed by atoms with E-state index < -0.39 is 6.10 Å². The van der Waals surface area contributed by atoms with Crippen LogP contribution in [0.4, 0.5) is 4.79 Å². The molecule has 1 aromatic rings. The number of rotatable bonds is 2. The van der Waals surface area contributed by atoms with Gasteiger partial charge in [-0.15, -0.1) is 0 Å². The van der Waals surface area contributed by atoms with Crippen molar-refractivity contribution in [3.63, 3.8) is 0 Å². The van der Waals surface area contributed by atoms with Crippen LogP contribution in [0.1, 0.15) is 18.0 Å². The first-order chi connectivity index (χ1) is 11.6. The molecule has 3 atom stereocenters. The molecule has 7 heteroatoms. The maximum Gasteiger partial charge on any atom is 0.317 e. The minimum atomic E-state index is -0.539. The predicted molar refractivity (Wildman–Crippen MR) is 90.7 cm³/mol. The molecule has 2 heterocycles. The third-order valence-corrected chi connectivity index (χ3v) is 4.92. The second-order valence-electron chi connectivity index (χ2n) is 6.26. The highest BCUT2D eigenvalue weighted by Gasteiger charge is 2.35. The van der Waals surface area contributed by atoms with E-state index in [1.165, 1.54) is 0 Å². The van der Waals surface area contributed by atoms with Gasteiger partial charge in [0.15, 0.2) is 6.10 Å². The summed E-state index contributed by atoms with van der Waals surface area (Å²) in [6.45, 7) is 2.15. The number of nitriles is 1. The van der Waals surface area contributed by atoms with E-state index in [4.69, 9.17) is 21.6 Å². The lowest BCUT2D eigenvalue weighted by Crippen LogP contribution is -2.52. The van der Waals surface area contributed by atoms with E-state index in [0.29, 0.717) is 24.7 Å². The molecule has 1 N–H and O–H groups in total. The van der Waals surface area contributed by atoms with E-state index in [2.05, 4.69) is 23.3 Å². The molecule has 0 spiro atoms. The predicted octanol–water partition coefficient (Wildman–Crippen LogP) is 2.02. The van der Waals surface area contributed by atoms with Crippen LogP contribution in [-0.4, -0.2) is 61.3 Å². The highest BCUT2D eigenvalue weighted by molar-refractivity contribution is 6.30. The van der Waals surface area contributed by atoms with Crippen molar-refractivity contribution in [3.8, 4) is 6.07 Å². The number of halogens is 1. The van der Waals surface area contributed by atoms with Crippen LogP contribution in [0.2, 0.25) is 5.02 Å². The minimum absolute atomic E-state index is 0.0343. The van der Waals surface area contributed by atoms with Crippen molar-refractivity contribution < 1.29 is 9.53 Å². The zero-order chi connectivity index (χ0) is 17.1. The third kappa shape index (κ3) is 3.64. The van der Waals surface area contributed by atoms with Crippen LogP contribution in [-0.2, 0) is 4.74 Å². The summed E-state index contributed by atoms with van der Waals surface area (Å²) in [5.74, 6) is 0. The number of carbonyl (C=O) groups excluding carboxylic acids is 1. The number of morpholine rings is 1. The Morgan fingerprint density at radius 3 is 2.83 bits per heavy atom. The summed E-state index contributed by atoms with van der Waals surface area (Å²) in [7, 11) is 2.06. The Labute approximate surface area is 146 Å². The Kier molecular flexibility index (Phi) is 5.24. The molecule has 0 aromatic heterocycles. The average molecular weight is 349 g/mol. The van der Waals surface area contributed by atoms with Gasteiger partial charge in [0.05, 0.1) is 31.3 Å². The number of hydrogen-bond donors (Lipinski definition) is 1. The maximum absolute atomic E-state index is 12.6. The van der Waals surface area contributed by atoms with Gasteiger partial charge in [-0.1, -0.05) is 23.7 Å². The molecule has 2 aliphatic heterocycles. The Morgan fingerprint density at radius 2 is 2.12 bits per heavy atom. The molecule has 0 bridgehead atoms. The van der Waals surface area contributed by atoms with Crippen molar-refractivity contribution >= 4 is 17.6 Å². The number of ether oxygens (including phenoxy) is 1. The fourth-order valence-corrected chi connectivity index (χ4v) is 3.53. The van der Waals surface area contributed by atoms with Crippen LogP contribution in [0, 0.1) is 11.3 Å². The zero-order valence-corrected chi connectivity index (χ0v) is 14.4. The standard InChI is InChI=1S/C17H21ClN4O2/c1-21-7-6-15(16(21)12-2-4-13(18)5-3-12)20-17(23)22-8-9-24-14(10-19)11-22/h2-5,14-16H,6-9,11H2,1H3,(H,20,23). The van der Waals surface area contributed by atoms with E-state index >= 15 is 0 Å². The lowest BCUT2D eigenvalue weighted by molar-refractivity contribution is 0.0150. The van der Waals surface area contributed by atoms with E-state index in [1.807, 2.05) is 24.3 Å². The van der Waals surface area contributed by atoms with Gasteiger partial charge < -0.3 is 15.0 Å². The summed E-state index contributed by atoms with van der Waals surface area (Å²) in [5.41, 5.74) is 1.14. The molecule has 0 aliphatic carbocycles. The second kappa shape index (κ2) is 7.39. The summed E-state index contributed by atoms with van der Waals surface area (Å²) in [6, 6.07) is 9.87. The van der Waals surface area contributed by atoms with Crippen LogP contribution < -0.4 is 5.32 Å². The van der Waals surface area contributed by atoms with Crippen LogP contribution in [0.5, 0.6) is 0 Å². The second-order valence-corrected chi connectivity index (χ2v) is 6.69. The van der Waals surface area contributed by atoms with Gasteiger partial charge in [0.2, 0.25) is 0 Å². The highest BCUT2D eigenvalue weighted by Crippen LogP contribution is 2.31. The molecule has 6 nitrogen and oxygen atoms in total. The normalized spacial score (nSPS) is 27.7. The van der Waals surface area contributed by atoms with E-state index in [-0.39, 0.29) is 18.1 Å². The van der Waals surface area contributed by atoms with Crippen LogP contribution >= 0.6 is 11.6 Å². The Bertz CT molecular complexity index is 630. The van der Waals surface area contributed by atoms with Gasteiger partial charge in [0, 0.05) is 18.1 Å². The average Bonchev–Trinajstić information content (AvgIpc) is 2.96. The van der Waals surface area contributed by atoms with Gasteiger partial charge in [-0.25, -0.2) is 4.79 Å². The Morgan fingerprint density at radius 1 is 1.38 bits per heavy atom. The van der Waals surface area contributed by atoms with Gasteiger partial charge in [-0.05, 0) is 31.2 Å². The van der Waals surface area contributed by atoms with Gasteiger partial charge in [0.25, 0.3) is 0 Å². The molecule has 3 unspecified atom stereocenters. The summed E-state index contributed by atoms with van der Waals surface area (Å²) < 4.78 is 5.29. The molecule has 24 heavy (non-hydrogen) atoms. The zero-order valence-electron chi connectivity index (χ0n) is 13.6. The summed E-state index contributed by atoms with van der Waals surface area (Å²) in [5, 5.41) is 12.8. The molecule has 2 saturated heterocycles. The van der Waals surface area contributed by atoms with E-state index in [1.54, 1.807) is 4.90 Å². The first-order valence-corrected chi connectivity index (χ1v) is 8.48. The highest BCUT2D eigenvalue weighted by atomic mass is 35.5. The lowest BCUT2D eigenvalue weighted by atomic mass is 10.0. The van der Waals surface area contributed by atoms with Crippen molar-refractivity contribution in [2.24, 2.45) is 0 Å². The quantitative estimate of drug-likeness (QED) is 0.887. The number of hydrogen-bond acceptors (Lipinski definition) is 4. The van der Waals surface area contributed by atoms with Gasteiger partial charge in [-0.2, -0.15) is 5.26 Å². The van der Waals surface area contributed by atoms with Crippen LogP contribution in [0.3, 0.4) is 0 Å². The summed E-state index contributed by atoms with van der Waals surface area (Å²) >= 11 is 5.98. The summed E-state index contributed by atoms with van der Waals surface area (Å²) in [4.78, 5) is 16.5. The first-order valence-electron chi connectivity index (χ1n) is 8.11. The third-order valence-electron chi connectivity index (χ3n) is 4.67. The molecule has 2 fully saturated rings. The van der Waals surface area contributed by atoms with Crippen molar-refractivity contribution in [3.05, 3.63) is 34.9 Å². The van der Waals surface area contributed by atoms with Crippen molar-refractivity contribution in [2.75, 3.05) is 33.3 Å². The number of benzene rings is 1. The first kappa shape index (κ1) is 17.0. The molecule has 2 aliphatic rings. The topological polar surface area (TPSA) is 68.6 Å². The van der Waals surface area contributed by atoms with Crippen molar-refractivity contribution in [1.82, 2.24) is 15.1 Å². The molecular formula is C17H21ClN4O2. The molecular weight excluding hydrogens is 328 g/mol. The number of likely N-dealkylation sites (tertiary alicyclic amines) is 1. The van der Waals surface area contributed by atoms with Crippen LogP contribution in [0.15, 0.2) is 24.3 Å². The number of likely N-dealkylation sites (N-methyl/N-ethyl adjacent to an activating group) is 1. The van der Waals surface area contributed by atoms with Crippen molar-refractivity contribution in [2.45, 2.75) is 24.6 Å². The minimum Gasteiger partial charge on any atom is -0.360 e.